The first-order valence-corrected chi connectivity index (χ1v) is 6.84. The van der Waals surface area contributed by atoms with Crippen molar-refractivity contribution in [1.29, 1.82) is 5.26 Å². The lowest BCUT2D eigenvalue weighted by Crippen LogP contribution is -2.02. The Morgan fingerprint density at radius 1 is 1.60 bits per heavy atom. The van der Waals surface area contributed by atoms with Crippen LogP contribution in [0.3, 0.4) is 0 Å². The molecule has 0 fully saturated rings. The zero-order valence-corrected chi connectivity index (χ0v) is 10.2. The zero-order chi connectivity index (χ0) is 11.1. The van der Waals surface area contributed by atoms with Crippen LogP contribution in [0.15, 0.2) is 0 Å². The Hall–Kier alpha value is -0.930. The highest BCUT2D eigenvalue weighted by Crippen LogP contribution is 2.25. The van der Waals surface area contributed by atoms with Gasteiger partial charge >= 0.3 is 0 Å². The van der Waals surface area contributed by atoms with E-state index in [2.05, 4.69) is 22.0 Å². The second-order valence-corrected chi connectivity index (χ2v) is 4.77. The Morgan fingerprint density at radius 2 is 2.40 bits per heavy atom. The topological polar surface area (TPSA) is 74.7 Å². The molecule has 1 heterocycles. The maximum Gasteiger partial charge on any atom is 0.157 e. The second kappa shape index (κ2) is 6.53. The van der Waals surface area contributed by atoms with Crippen molar-refractivity contribution in [2.75, 3.05) is 29.6 Å². The minimum Gasteiger partial charge on any atom is -0.382 e. The summed E-state index contributed by atoms with van der Waals surface area (Å²) in [5, 5.41) is 12.8. The first kappa shape index (κ1) is 12.1. The summed E-state index contributed by atoms with van der Waals surface area (Å²) < 4.78 is 3.93. The van der Waals surface area contributed by atoms with Crippen LogP contribution < -0.4 is 11.1 Å². The van der Waals surface area contributed by atoms with Gasteiger partial charge in [0, 0.05) is 6.54 Å². The zero-order valence-electron chi connectivity index (χ0n) is 8.62. The van der Waals surface area contributed by atoms with Gasteiger partial charge in [0.05, 0.1) is 0 Å². The van der Waals surface area contributed by atoms with Gasteiger partial charge in [-0.3, -0.25) is 0 Å². The predicted molar refractivity (Wildman–Crippen MR) is 67.3 cm³/mol. The van der Waals surface area contributed by atoms with Crippen molar-refractivity contribution in [3.05, 3.63) is 5.56 Å². The molecule has 1 aromatic heterocycles. The van der Waals surface area contributed by atoms with Crippen molar-refractivity contribution < 1.29 is 0 Å². The van der Waals surface area contributed by atoms with E-state index in [-0.39, 0.29) is 0 Å². The molecule has 0 atom stereocenters. The fraction of sp³-hybridized carbons (Fsp3) is 0.556. The lowest BCUT2D eigenvalue weighted by Gasteiger charge is -2.02. The first-order chi connectivity index (χ1) is 7.29. The Balaban J connectivity index is 2.35. The van der Waals surface area contributed by atoms with Crippen molar-refractivity contribution in [3.8, 4) is 6.07 Å². The number of hydrogen-bond acceptors (Lipinski definition) is 6. The number of hydrogen-bond donors (Lipinski definition) is 2. The summed E-state index contributed by atoms with van der Waals surface area (Å²) in [5.74, 6) is 1.51. The van der Waals surface area contributed by atoms with Gasteiger partial charge in [-0.2, -0.15) is 21.4 Å². The summed E-state index contributed by atoms with van der Waals surface area (Å²) in [6, 6.07) is 2.05. The largest absolute Gasteiger partial charge is 0.382 e. The summed E-state index contributed by atoms with van der Waals surface area (Å²) in [7, 11) is 0. The molecule has 0 radical (unpaired) electrons. The maximum absolute atomic E-state index is 8.82. The van der Waals surface area contributed by atoms with Gasteiger partial charge in [0.1, 0.15) is 16.6 Å². The summed E-state index contributed by atoms with van der Waals surface area (Å²) in [6.07, 6.45) is 4.39. The molecule has 0 unspecified atom stereocenters. The van der Waals surface area contributed by atoms with Crippen LogP contribution >= 0.6 is 23.3 Å². The van der Waals surface area contributed by atoms with Gasteiger partial charge in [-0.25, -0.2) is 0 Å². The van der Waals surface area contributed by atoms with E-state index in [1.165, 1.54) is 23.7 Å². The standard InChI is InChI=1S/C9H14N4S2/c1-14-5-3-2-4-12-9-7(6-10)8(11)13-15-9/h12H,2-5H2,1H3,(H2,11,13). The normalized spacial score (nSPS) is 9.87. The number of rotatable bonds is 6. The molecule has 0 amide bonds. The number of nitrogens with two attached hydrogens (primary N) is 1. The summed E-state index contributed by atoms with van der Waals surface area (Å²) in [5.41, 5.74) is 6.01. The summed E-state index contributed by atoms with van der Waals surface area (Å²) in [6.45, 7) is 0.872. The highest BCUT2D eigenvalue weighted by molar-refractivity contribution is 7.98. The molecule has 0 saturated heterocycles. The van der Waals surface area contributed by atoms with Gasteiger partial charge in [0.25, 0.3) is 0 Å². The smallest absolute Gasteiger partial charge is 0.157 e. The van der Waals surface area contributed by atoms with Crippen LogP contribution in [-0.4, -0.2) is 22.9 Å². The van der Waals surface area contributed by atoms with Crippen LogP contribution in [0.2, 0.25) is 0 Å². The van der Waals surface area contributed by atoms with Crippen LogP contribution in [0, 0.1) is 11.3 Å². The fourth-order valence-corrected chi connectivity index (χ4v) is 2.29. The van der Waals surface area contributed by atoms with Crippen LogP contribution in [0.5, 0.6) is 0 Å². The minimum absolute atomic E-state index is 0.328. The van der Waals surface area contributed by atoms with Crippen molar-refractivity contribution in [2.45, 2.75) is 12.8 Å². The van der Waals surface area contributed by atoms with Gasteiger partial charge in [0.2, 0.25) is 0 Å². The Morgan fingerprint density at radius 3 is 3.07 bits per heavy atom. The number of nitrogen functional groups attached to an aromatic ring is 1. The molecule has 15 heavy (non-hydrogen) atoms. The first-order valence-electron chi connectivity index (χ1n) is 4.67. The number of thioether (sulfide) groups is 1. The number of aromatic nitrogens is 1. The fourth-order valence-electron chi connectivity index (χ4n) is 1.10. The maximum atomic E-state index is 8.82. The van der Waals surface area contributed by atoms with Gasteiger partial charge in [0.15, 0.2) is 5.82 Å². The number of anilines is 2. The van der Waals surface area contributed by atoms with E-state index in [4.69, 9.17) is 11.0 Å². The molecular weight excluding hydrogens is 228 g/mol. The van der Waals surface area contributed by atoms with E-state index >= 15 is 0 Å². The molecule has 0 aromatic carbocycles. The lowest BCUT2D eigenvalue weighted by atomic mass is 10.3. The molecule has 0 aliphatic carbocycles. The molecule has 0 saturated carbocycles. The molecule has 4 nitrogen and oxygen atoms in total. The quantitative estimate of drug-likeness (QED) is 0.748. The molecular formula is C9H14N4S2. The third-order valence-electron chi connectivity index (χ3n) is 1.89. The molecule has 6 heteroatoms. The van der Waals surface area contributed by atoms with Crippen molar-refractivity contribution >= 4 is 34.1 Å². The van der Waals surface area contributed by atoms with E-state index in [0.717, 1.165) is 18.0 Å². The number of nitriles is 1. The highest BCUT2D eigenvalue weighted by atomic mass is 32.2. The van der Waals surface area contributed by atoms with Gasteiger partial charge in [-0.05, 0) is 36.4 Å². The van der Waals surface area contributed by atoms with E-state index in [0.29, 0.717) is 11.4 Å². The molecule has 0 bridgehead atoms. The number of nitrogens with one attached hydrogen (secondary N) is 1. The van der Waals surface area contributed by atoms with Gasteiger partial charge < -0.3 is 11.1 Å². The Labute approximate surface area is 98.0 Å². The molecule has 1 rings (SSSR count). The summed E-state index contributed by atoms with van der Waals surface area (Å²) in [4.78, 5) is 0. The SMILES string of the molecule is CSCCCCNc1snc(N)c1C#N. The van der Waals surface area contributed by atoms with Crippen LogP contribution in [0.4, 0.5) is 10.8 Å². The lowest BCUT2D eigenvalue weighted by molar-refractivity contribution is 0.845. The molecule has 3 N–H and O–H groups in total. The van der Waals surface area contributed by atoms with Crippen LogP contribution in [0.25, 0.3) is 0 Å². The van der Waals surface area contributed by atoms with Crippen molar-refractivity contribution in [2.24, 2.45) is 0 Å². The number of nitrogens with zero attached hydrogens (tertiary/aromatic N) is 2. The van der Waals surface area contributed by atoms with E-state index in [1.54, 1.807) is 0 Å². The molecule has 82 valence electrons. The summed E-state index contributed by atoms with van der Waals surface area (Å²) >= 11 is 3.10. The molecule has 0 spiro atoms. The van der Waals surface area contributed by atoms with Crippen LogP contribution in [0.1, 0.15) is 18.4 Å². The van der Waals surface area contributed by atoms with Gasteiger partial charge in [-0.15, -0.1) is 0 Å². The molecule has 0 aliphatic heterocycles. The third kappa shape index (κ3) is 3.61. The molecule has 1 aromatic rings. The minimum atomic E-state index is 0.328. The number of unbranched alkanes of at least 4 members (excludes halogenated alkanes) is 1. The monoisotopic (exact) mass is 242 g/mol. The Kier molecular flexibility index (Phi) is 5.29. The van der Waals surface area contributed by atoms with Crippen molar-refractivity contribution in [3.63, 3.8) is 0 Å². The highest BCUT2D eigenvalue weighted by Gasteiger charge is 2.09. The average molecular weight is 242 g/mol. The van der Waals surface area contributed by atoms with Crippen molar-refractivity contribution in [1.82, 2.24) is 4.37 Å². The van der Waals surface area contributed by atoms with Gasteiger partial charge in [-0.1, -0.05) is 0 Å². The van der Waals surface area contributed by atoms with E-state index in [9.17, 15) is 0 Å². The molecule has 0 aliphatic rings. The average Bonchev–Trinajstić information content (AvgIpc) is 2.59. The van der Waals surface area contributed by atoms with Crippen LogP contribution in [-0.2, 0) is 0 Å². The second-order valence-electron chi connectivity index (χ2n) is 3.01. The predicted octanol–water partition coefficient (Wildman–Crippen LogP) is 2.15. The third-order valence-corrected chi connectivity index (χ3v) is 3.41. The van der Waals surface area contributed by atoms with E-state index < -0.39 is 0 Å². The Bertz CT molecular complexity index is 342. The van der Waals surface area contributed by atoms with E-state index in [1.807, 2.05) is 11.8 Å².